The van der Waals surface area contributed by atoms with Gasteiger partial charge in [0.05, 0.1) is 17.0 Å². The number of carbonyl (C=O) groups is 2. The standard InChI is InChI=1S/C13H12F2N2O5/c14-11(15)6-16(9-1-2-9)12(18)7-3-8(13(19)20)5-10(4-7)17(21)22/h3-5,9,11H,1-2,6H2,(H,19,20). The predicted molar refractivity (Wildman–Crippen MR) is 70.1 cm³/mol. The zero-order valence-corrected chi connectivity index (χ0v) is 11.2. The van der Waals surface area contributed by atoms with Crippen LogP contribution in [0.1, 0.15) is 33.6 Å². The van der Waals surface area contributed by atoms with Gasteiger partial charge in [-0.25, -0.2) is 13.6 Å². The molecule has 9 heteroatoms. The van der Waals surface area contributed by atoms with Gasteiger partial charge in [-0.3, -0.25) is 14.9 Å². The Morgan fingerprint density at radius 2 is 1.91 bits per heavy atom. The number of hydrogen-bond acceptors (Lipinski definition) is 4. The van der Waals surface area contributed by atoms with Crippen molar-refractivity contribution < 1.29 is 28.4 Å². The van der Waals surface area contributed by atoms with E-state index in [1.54, 1.807) is 0 Å². The Kier molecular flexibility index (Phi) is 4.34. The fourth-order valence-corrected chi connectivity index (χ4v) is 2.06. The van der Waals surface area contributed by atoms with E-state index in [-0.39, 0.29) is 11.6 Å². The van der Waals surface area contributed by atoms with E-state index in [0.717, 1.165) is 23.1 Å². The maximum absolute atomic E-state index is 12.6. The molecule has 1 aromatic rings. The Morgan fingerprint density at radius 1 is 1.32 bits per heavy atom. The molecule has 118 valence electrons. The molecule has 0 heterocycles. The summed E-state index contributed by atoms with van der Waals surface area (Å²) < 4.78 is 25.1. The van der Waals surface area contributed by atoms with Crippen molar-refractivity contribution in [2.75, 3.05) is 6.54 Å². The molecular formula is C13H12F2N2O5. The lowest BCUT2D eigenvalue weighted by Crippen LogP contribution is -2.37. The first-order valence-corrected chi connectivity index (χ1v) is 6.41. The van der Waals surface area contributed by atoms with E-state index >= 15 is 0 Å². The molecule has 0 atom stereocenters. The highest BCUT2D eigenvalue weighted by Gasteiger charge is 2.35. The number of carbonyl (C=O) groups excluding carboxylic acids is 1. The van der Waals surface area contributed by atoms with E-state index in [0.29, 0.717) is 12.8 Å². The molecule has 0 saturated heterocycles. The third-order valence-electron chi connectivity index (χ3n) is 3.21. The number of amides is 1. The highest BCUT2D eigenvalue weighted by molar-refractivity contribution is 5.98. The first kappa shape index (κ1) is 15.8. The second kappa shape index (κ2) is 6.04. The largest absolute Gasteiger partial charge is 0.478 e. The summed E-state index contributed by atoms with van der Waals surface area (Å²) in [6.07, 6.45) is -1.57. The van der Waals surface area contributed by atoms with Crippen molar-refractivity contribution in [2.24, 2.45) is 0 Å². The fraction of sp³-hybridized carbons (Fsp3) is 0.385. The van der Waals surface area contributed by atoms with E-state index in [4.69, 9.17) is 5.11 Å². The highest BCUT2D eigenvalue weighted by atomic mass is 19.3. The Labute approximate surface area is 123 Å². The number of hydrogen-bond donors (Lipinski definition) is 1. The van der Waals surface area contributed by atoms with Crippen LogP contribution in [0.5, 0.6) is 0 Å². The van der Waals surface area contributed by atoms with Crippen LogP contribution in [-0.4, -0.2) is 45.8 Å². The second-order valence-corrected chi connectivity index (χ2v) is 4.91. The predicted octanol–water partition coefficient (Wildman–Crippen LogP) is 2.16. The van der Waals surface area contributed by atoms with Crippen molar-refractivity contribution in [1.82, 2.24) is 4.90 Å². The van der Waals surface area contributed by atoms with Gasteiger partial charge in [-0.2, -0.15) is 0 Å². The molecule has 0 unspecified atom stereocenters. The van der Waals surface area contributed by atoms with Gasteiger partial charge in [-0.05, 0) is 18.9 Å². The molecule has 1 aliphatic carbocycles. The van der Waals surface area contributed by atoms with Crippen LogP contribution in [0.25, 0.3) is 0 Å². The number of carboxylic acids is 1. The summed E-state index contributed by atoms with van der Waals surface area (Å²) in [7, 11) is 0. The molecular weight excluding hydrogens is 302 g/mol. The van der Waals surface area contributed by atoms with E-state index in [1.165, 1.54) is 0 Å². The number of nitrogens with zero attached hydrogens (tertiary/aromatic N) is 2. The average Bonchev–Trinajstić information content (AvgIpc) is 3.27. The molecule has 0 spiro atoms. The highest BCUT2D eigenvalue weighted by Crippen LogP contribution is 2.30. The molecule has 2 rings (SSSR count). The smallest absolute Gasteiger partial charge is 0.335 e. The average molecular weight is 314 g/mol. The molecule has 1 fully saturated rings. The van der Waals surface area contributed by atoms with Gasteiger partial charge in [0.1, 0.15) is 0 Å². The number of benzene rings is 1. The first-order chi connectivity index (χ1) is 10.3. The summed E-state index contributed by atoms with van der Waals surface area (Å²) >= 11 is 0. The number of halogens is 2. The van der Waals surface area contributed by atoms with Gasteiger partial charge in [-0.1, -0.05) is 0 Å². The summed E-state index contributed by atoms with van der Waals surface area (Å²) in [6, 6.07) is 2.34. The lowest BCUT2D eigenvalue weighted by atomic mass is 10.1. The maximum atomic E-state index is 12.6. The number of aromatic carboxylic acids is 1. The molecule has 1 amide bonds. The van der Waals surface area contributed by atoms with Crippen LogP contribution in [0.3, 0.4) is 0 Å². The van der Waals surface area contributed by atoms with Crippen LogP contribution in [0, 0.1) is 10.1 Å². The zero-order chi connectivity index (χ0) is 16.4. The Morgan fingerprint density at radius 3 is 2.36 bits per heavy atom. The third kappa shape index (κ3) is 3.54. The van der Waals surface area contributed by atoms with E-state index in [1.807, 2.05) is 0 Å². The molecule has 1 aliphatic rings. The minimum Gasteiger partial charge on any atom is -0.478 e. The molecule has 1 aromatic carbocycles. The minimum atomic E-state index is -2.73. The lowest BCUT2D eigenvalue weighted by Gasteiger charge is -2.22. The summed E-state index contributed by atoms with van der Waals surface area (Å²) in [6.45, 7) is -0.783. The van der Waals surface area contributed by atoms with Crippen LogP contribution in [0.4, 0.5) is 14.5 Å². The second-order valence-electron chi connectivity index (χ2n) is 4.91. The van der Waals surface area contributed by atoms with Crippen molar-refractivity contribution in [3.8, 4) is 0 Å². The Bertz CT molecular complexity index is 599. The van der Waals surface area contributed by atoms with E-state index in [9.17, 15) is 28.5 Å². The molecule has 0 radical (unpaired) electrons. The van der Waals surface area contributed by atoms with Crippen LogP contribution in [-0.2, 0) is 0 Å². The Balaban J connectivity index is 2.38. The van der Waals surface area contributed by atoms with Crippen molar-refractivity contribution in [1.29, 1.82) is 0 Å². The normalized spacial score (nSPS) is 14.0. The Hall–Kier alpha value is -2.58. The van der Waals surface area contributed by atoms with Gasteiger partial charge >= 0.3 is 5.97 Å². The number of rotatable bonds is 6. The number of nitro benzene ring substituents is 1. The zero-order valence-electron chi connectivity index (χ0n) is 11.2. The monoisotopic (exact) mass is 314 g/mol. The van der Waals surface area contributed by atoms with Crippen molar-refractivity contribution in [2.45, 2.75) is 25.3 Å². The number of non-ortho nitro benzene ring substituents is 1. The van der Waals surface area contributed by atoms with Crippen LogP contribution < -0.4 is 0 Å². The van der Waals surface area contributed by atoms with Gasteiger partial charge in [0.25, 0.3) is 18.0 Å². The number of alkyl halides is 2. The van der Waals surface area contributed by atoms with Crippen LogP contribution in [0.2, 0.25) is 0 Å². The summed E-state index contributed by atoms with van der Waals surface area (Å²) in [5.41, 5.74) is -1.29. The van der Waals surface area contributed by atoms with E-state index < -0.39 is 41.0 Å². The molecule has 22 heavy (non-hydrogen) atoms. The number of nitro groups is 1. The van der Waals surface area contributed by atoms with Crippen molar-refractivity contribution >= 4 is 17.6 Å². The van der Waals surface area contributed by atoms with Gasteiger partial charge < -0.3 is 10.0 Å². The molecule has 0 aliphatic heterocycles. The molecule has 1 saturated carbocycles. The van der Waals surface area contributed by atoms with Gasteiger partial charge in [0.15, 0.2) is 0 Å². The van der Waals surface area contributed by atoms with Crippen LogP contribution in [0.15, 0.2) is 18.2 Å². The summed E-state index contributed by atoms with van der Waals surface area (Å²) in [5.74, 6) is -2.27. The SMILES string of the molecule is O=C(O)c1cc(C(=O)N(CC(F)F)C2CC2)cc([N+](=O)[O-])c1. The van der Waals surface area contributed by atoms with Gasteiger partial charge in [-0.15, -0.1) is 0 Å². The molecule has 0 bridgehead atoms. The van der Waals surface area contributed by atoms with Gasteiger partial charge in [0.2, 0.25) is 0 Å². The first-order valence-electron chi connectivity index (χ1n) is 6.41. The quantitative estimate of drug-likeness (QED) is 0.640. The van der Waals surface area contributed by atoms with Crippen molar-refractivity contribution in [3.05, 3.63) is 39.4 Å². The third-order valence-corrected chi connectivity index (χ3v) is 3.21. The van der Waals surface area contributed by atoms with Crippen LogP contribution >= 0.6 is 0 Å². The summed E-state index contributed by atoms with van der Waals surface area (Å²) in [4.78, 5) is 34.2. The maximum Gasteiger partial charge on any atom is 0.335 e. The van der Waals surface area contributed by atoms with Gasteiger partial charge in [0, 0.05) is 23.7 Å². The molecule has 1 N–H and O–H groups in total. The fourth-order valence-electron chi connectivity index (χ4n) is 2.06. The molecule has 0 aromatic heterocycles. The van der Waals surface area contributed by atoms with E-state index in [2.05, 4.69) is 0 Å². The minimum absolute atomic E-state index is 0.279. The number of carboxylic acid groups (broad SMARTS) is 1. The molecule has 7 nitrogen and oxygen atoms in total. The lowest BCUT2D eigenvalue weighted by molar-refractivity contribution is -0.384. The topological polar surface area (TPSA) is 101 Å². The van der Waals surface area contributed by atoms with Crippen molar-refractivity contribution in [3.63, 3.8) is 0 Å². The summed E-state index contributed by atoms with van der Waals surface area (Å²) in [5, 5.41) is 19.7.